The van der Waals surface area contributed by atoms with E-state index in [-0.39, 0.29) is 5.69 Å². The van der Waals surface area contributed by atoms with Crippen LogP contribution in [0.25, 0.3) is 0 Å². The highest BCUT2D eigenvalue weighted by molar-refractivity contribution is 5.85. The van der Waals surface area contributed by atoms with Crippen LogP contribution in [0.3, 0.4) is 0 Å². The summed E-state index contributed by atoms with van der Waals surface area (Å²) in [6.07, 6.45) is 4.28. The van der Waals surface area contributed by atoms with E-state index in [1.165, 1.54) is 6.26 Å². The molecule has 1 N–H and O–H groups in total. The zero-order valence-electron chi connectivity index (χ0n) is 10.6. The summed E-state index contributed by atoms with van der Waals surface area (Å²) in [5.41, 5.74) is -0.0372. The molecule has 1 rings (SSSR count). The Morgan fingerprint density at radius 2 is 2.29 bits per heavy atom. The lowest BCUT2D eigenvalue weighted by Gasteiger charge is -2.26. The minimum atomic E-state index is -1.06. The smallest absolute Gasteiger partial charge is 0.357 e. The largest absolute Gasteiger partial charge is 0.476 e. The van der Waals surface area contributed by atoms with E-state index in [4.69, 9.17) is 9.52 Å². The lowest BCUT2D eigenvalue weighted by atomic mass is 10.2. The molecule has 5 nitrogen and oxygen atoms in total. The van der Waals surface area contributed by atoms with E-state index in [1.54, 1.807) is 0 Å². The summed E-state index contributed by atoms with van der Waals surface area (Å²) in [5, 5.41) is 8.81. The molecule has 0 bridgehead atoms. The number of anilines is 1. The van der Waals surface area contributed by atoms with E-state index in [0.29, 0.717) is 12.1 Å². The molecule has 0 fully saturated rings. The lowest BCUT2D eigenvalue weighted by molar-refractivity contribution is 0.0690. The van der Waals surface area contributed by atoms with E-state index < -0.39 is 5.97 Å². The van der Waals surface area contributed by atoms with Crippen LogP contribution in [0.4, 0.5) is 6.01 Å². The lowest BCUT2D eigenvalue weighted by Crippen LogP contribution is -2.33. The van der Waals surface area contributed by atoms with Gasteiger partial charge in [-0.05, 0) is 19.8 Å². The fraction of sp³-hybridized carbons (Fsp3) is 0.667. The van der Waals surface area contributed by atoms with E-state index in [1.807, 2.05) is 4.90 Å². The maximum absolute atomic E-state index is 10.7. The number of rotatable bonds is 7. The van der Waals surface area contributed by atoms with Gasteiger partial charge in [0.25, 0.3) is 6.01 Å². The molecule has 1 aromatic heterocycles. The van der Waals surface area contributed by atoms with Crippen molar-refractivity contribution in [2.75, 3.05) is 11.4 Å². The number of oxazole rings is 1. The van der Waals surface area contributed by atoms with Gasteiger partial charge < -0.3 is 14.4 Å². The van der Waals surface area contributed by atoms with Gasteiger partial charge in [0.15, 0.2) is 5.69 Å². The number of hydrogen-bond donors (Lipinski definition) is 1. The Bertz CT molecular complexity index is 362. The standard InChI is InChI=1S/C12H20N2O3/c1-4-6-7-14(9(3)5-2)12-13-10(8-17-12)11(15)16/h8-9H,4-7H2,1-3H3,(H,15,16). The quantitative estimate of drug-likeness (QED) is 0.793. The van der Waals surface area contributed by atoms with Crippen molar-refractivity contribution in [1.82, 2.24) is 4.98 Å². The number of aromatic carboxylic acids is 1. The van der Waals surface area contributed by atoms with Gasteiger partial charge in [-0.3, -0.25) is 0 Å². The Morgan fingerprint density at radius 3 is 2.76 bits per heavy atom. The van der Waals surface area contributed by atoms with Crippen LogP contribution in [-0.2, 0) is 0 Å². The SMILES string of the molecule is CCCCN(c1nc(C(=O)O)co1)C(C)CC. The molecule has 1 heterocycles. The molecule has 0 aromatic carbocycles. The van der Waals surface area contributed by atoms with E-state index >= 15 is 0 Å². The molecular formula is C12H20N2O3. The van der Waals surface area contributed by atoms with Crippen molar-refractivity contribution in [2.45, 2.75) is 46.1 Å². The molecule has 0 aliphatic carbocycles. The van der Waals surface area contributed by atoms with Crippen LogP contribution in [0.1, 0.15) is 50.5 Å². The molecule has 0 amide bonds. The number of carboxylic acid groups (broad SMARTS) is 1. The van der Waals surface area contributed by atoms with Crippen LogP contribution >= 0.6 is 0 Å². The molecule has 5 heteroatoms. The summed E-state index contributed by atoms with van der Waals surface area (Å²) in [6.45, 7) is 7.13. The Kier molecular flexibility index (Phi) is 5.00. The van der Waals surface area contributed by atoms with E-state index in [9.17, 15) is 4.79 Å². The van der Waals surface area contributed by atoms with Crippen molar-refractivity contribution in [3.63, 3.8) is 0 Å². The van der Waals surface area contributed by atoms with E-state index in [0.717, 1.165) is 25.8 Å². The monoisotopic (exact) mass is 240 g/mol. The van der Waals surface area contributed by atoms with Gasteiger partial charge in [0, 0.05) is 12.6 Å². The second kappa shape index (κ2) is 6.27. The van der Waals surface area contributed by atoms with Crippen LogP contribution in [0, 0.1) is 0 Å². The summed E-state index contributed by atoms with van der Waals surface area (Å²) in [7, 11) is 0. The average molecular weight is 240 g/mol. The average Bonchev–Trinajstić information content (AvgIpc) is 2.78. The third-order valence-electron chi connectivity index (χ3n) is 2.83. The highest BCUT2D eigenvalue weighted by atomic mass is 16.4. The fourth-order valence-corrected chi connectivity index (χ4v) is 1.55. The maximum Gasteiger partial charge on any atom is 0.357 e. The normalized spacial score (nSPS) is 12.4. The molecule has 0 aliphatic heterocycles. The molecule has 17 heavy (non-hydrogen) atoms. The van der Waals surface area contributed by atoms with Crippen LogP contribution < -0.4 is 4.90 Å². The van der Waals surface area contributed by atoms with Crippen LogP contribution in [-0.4, -0.2) is 28.6 Å². The molecule has 0 saturated heterocycles. The van der Waals surface area contributed by atoms with Crippen LogP contribution in [0.15, 0.2) is 10.7 Å². The molecule has 96 valence electrons. The van der Waals surface area contributed by atoms with Crippen molar-refractivity contribution in [3.05, 3.63) is 12.0 Å². The zero-order valence-corrected chi connectivity index (χ0v) is 10.6. The Balaban J connectivity index is 2.83. The first-order valence-electron chi connectivity index (χ1n) is 6.05. The van der Waals surface area contributed by atoms with Gasteiger partial charge in [0.05, 0.1) is 0 Å². The van der Waals surface area contributed by atoms with Gasteiger partial charge >= 0.3 is 5.97 Å². The Labute approximate surface area is 101 Å². The molecule has 0 radical (unpaired) electrons. The van der Waals surface area contributed by atoms with Gasteiger partial charge in [0.2, 0.25) is 0 Å². The van der Waals surface area contributed by atoms with Gasteiger partial charge in [-0.1, -0.05) is 20.3 Å². The summed E-state index contributed by atoms with van der Waals surface area (Å²) >= 11 is 0. The Hall–Kier alpha value is -1.52. The van der Waals surface area contributed by atoms with Gasteiger partial charge in [0.1, 0.15) is 6.26 Å². The first kappa shape index (κ1) is 13.5. The summed E-state index contributed by atoms with van der Waals surface area (Å²) < 4.78 is 5.24. The highest BCUT2D eigenvalue weighted by Crippen LogP contribution is 2.18. The number of aromatic nitrogens is 1. The topological polar surface area (TPSA) is 66.6 Å². The van der Waals surface area contributed by atoms with Crippen LogP contribution in [0.5, 0.6) is 0 Å². The summed E-state index contributed by atoms with van der Waals surface area (Å²) in [6, 6.07) is 0.701. The highest BCUT2D eigenvalue weighted by Gasteiger charge is 2.19. The van der Waals surface area contributed by atoms with Crippen molar-refractivity contribution < 1.29 is 14.3 Å². The number of carbonyl (C=O) groups is 1. The minimum Gasteiger partial charge on any atom is -0.476 e. The summed E-state index contributed by atoms with van der Waals surface area (Å²) in [4.78, 5) is 16.8. The summed E-state index contributed by atoms with van der Waals surface area (Å²) in [5.74, 6) is -1.06. The first-order chi connectivity index (χ1) is 8.10. The molecular weight excluding hydrogens is 220 g/mol. The third-order valence-corrected chi connectivity index (χ3v) is 2.83. The number of carboxylic acids is 1. The predicted molar refractivity (Wildman–Crippen MR) is 65.5 cm³/mol. The van der Waals surface area contributed by atoms with Crippen molar-refractivity contribution in [2.24, 2.45) is 0 Å². The third kappa shape index (κ3) is 3.47. The predicted octanol–water partition coefficient (Wildman–Crippen LogP) is 2.78. The fourth-order valence-electron chi connectivity index (χ4n) is 1.55. The molecule has 1 unspecified atom stereocenters. The van der Waals surface area contributed by atoms with Crippen molar-refractivity contribution in [3.8, 4) is 0 Å². The molecule has 1 atom stereocenters. The van der Waals surface area contributed by atoms with Gasteiger partial charge in [-0.15, -0.1) is 0 Å². The van der Waals surface area contributed by atoms with E-state index in [2.05, 4.69) is 25.8 Å². The van der Waals surface area contributed by atoms with Gasteiger partial charge in [-0.2, -0.15) is 4.98 Å². The number of nitrogens with zero attached hydrogens (tertiary/aromatic N) is 2. The van der Waals surface area contributed by atoms with Crippen LogP contribution in [0.2, 0.25) is 0 Å². The maximum atomic E-state index is 10.7. The molecule has 0 aliphatic rings. The second-order valence-electron chi connectivity index (χ2n) is 4.12. The molecule has 1 aromatic rings. The number of unbranched alkanes of at least 4 members (excludes halogenated alkanes) is 1. The van der Waals surface area contributed by atoms with Crippen molar-refractivity contribution >= 4 is 12.0 Å². The van der Waals surface area contributed by atoms with Gasteiger partial charge in [-0.25, -0.2) is 4.79 Å². The Morgan fingerprint density at radius 1 is 1.59 bits per heavy atom. The first-order valence-corrected chi connectivity index (χ1v) is 6.05. The zero-order chi connectivity index (χ0) is 12.8. The molecule has 0 saturated carbocycles. The minimum absolute atomic E-state index is 0.0372. The molecule has 0 spiro atoms. The van der Waals surface area contributed by atoms with Crippen molar-refractivity contribution in [1.29, 1.82) is 0 Å². The second-order valence-corrected chi connectivity index (χ2v) is 4.12. The number of hydrogen-bond acceptors (Lipinski definition) is 4.